The molecule has 6 heteroatoms. The van der Waals surface area contributed by atoms with Gasteiger partial charge in [-0.15, -0.1) is 0 Å². The second-order valence-corrected chi connectivity index (χ2v) is 5.59. The van der Waals surface area contributed by atoms with Crippen molar-refractivity contribution in [1.29, 1.82) is 0 Å². The Balaban J connectivity index is 1.65. The zero-order valence-corrected chi connectivity index (χ0v) is 13.2. The van der Waals surface area contributed by atoms with Gasteiger partial charge in [0.1, 0.15) is 5.76 Å². The summed E-state index contributed by atoms with van der Waals surface area (Å²) < 4.78 is 5.24. The number of nitrogens with zero attached hydrogens (tertiary/aromatic N) is 2. The Morgan fingerprint density at radius 1 is 1.27 bits per heavy atom. The van der Waals surface area contributed by atoms with Crippen molar-refractivity contribution in [2.75, 3.05) is 39.3 Å². The Bertz CT molecular complexity index is 465. The third kappa shape index (κ3) is 5.18. The van der Waals surface area contributed by atoms with Crippen molar-refractivity contribution in [1.82, 2.24) is 15.1 Å². The van der Waals surface area contributed by atoms with Crippen LogP contribution >= 0.6 is 0 Å². The molecule has 1 N–H and O–H groups in total. The number of carbonyl (C=O) groups is 2. The molecule has 1 aromatic rings. The van der Waals surface area contributed by atoms with Crippen LogP contribution < -0.4 is 5.32 Å². The SMILES string of the molecule is CCCNC(=O)CN1CCN(C(=O)CCc2ccco2)CC1. The van der Waals surface area contributed by atoms with Gasteiger partial charge >= 0.3 is 0 Å². The van der Waals surface area contributed by atoms with E-state index >= 15 is 0 Å². The highest BCUT2D eigenvalue weighted by atomic mass is 16.3. The minimum absolute atomic E-state index is 0.0689. The van der Waals surface area contributed by atoms with Gasteiger partial charge in [-0.25, -0.2) is 0 Å². The maximum absolute atomic E-state index is 12.1. The molecule has 0 radical (unpaired) electrons. The van der Waals surface area contributed by atoms with Crippen molar-refractivity contribution in [2.45, 2.75) is 26.2 Å². The summed E-state index contributed by atoms with van der Waals surface area (Å²) in [4.78, 5) is 27.8. The lowest BCUT2D eigenvalue weighted by molar-refractivity contribution is -0.133. The first-order chi connectivity index (χ1) is 10.7. The lowest BCUT2D eigenvalue weighted by Crippen LogP contribution is -2.51. The van der Waals surface area contributed by atoms with E-state index in [0.29, 0.717) is 32.5 Å². The molecule has 2 heterocycles. The molecule has 1 aliphatic rings. The molecule has 0 unspecified atom stereocenters. The van der Waals surface area contributed by atoms with Gasteiger partial charge in [0.2, 0.25) is 11.8 Å². The smallest absolute Gasteiger partial charge is 0.234 e. The van der Waals surface area contributed by atoms with Crippen LogP contribution in [-0.2, 0) is 16.0 Å². The molecule has 2 rings (SSSR count). The first kappa shape index (κ1) is 16.5. The van der Waals surface area contributed by atoms with Crippen LogP contribution in [0, 0.1) is 0 Å². The van der Waals surface area contributed by atoms with Crippen molar-refractivity contribution >= 4 is 11.8 Å². The number of carbonyl (C=O) groups excluding carboxylic acids is 2. The zero-order chi connectivity index (χ0) is 15.8. The predicted octanol–water partition coefficient (Wildman–Crippen LogP) is 0.883. The number of rotatable bonds is 7. The van der Waals surface area contributed by atoms with E-state index in [0.717, 1.165) is 31.8 Å². The molecule has 0 aliphatic carbocycles. The molecule has 2 amide bonds. The van der Waals surface area contributed by atoms with Crippen molar-refractivity contribution in [3.8, 4) is 0 Å². The highest BCUT2D eigenvalue weighted by molar-refractivity contribution is 5.78. The van der Waals surface area contributed by atoms with Gasteiger partial charge in [-0.2, -0.15) is 0 Å². The van der Waals surface area contributed by atoms with Crippen molar-refractivity contribution in [3.63, 3.8) is 0 Å². The fourth-order valence-electron chi connectivity index (χ4n) is 2.52. The molecule has 22 heavy (non-hydrogen) atoms. The summed E-state index contributed by atoms with van der Waals surface area (Å²) in [6, 6.07) is 3.72. The standard InChI is InChI=1S/C16H25N3O3/c1-2-7-17-15(20)13-18-8-10-19(11-9-18)16(21)6-5-14-4-3-12-22-14/h3-4,12H,2,5-11,13H2,1H3,(H,17,20). The number of hydrogen-bond donors (Lipinski definition) is 1. The maximum atomic E-state index is 12.1. The number of aryl methyl sites for hydroxylation is 1. The van der Waals surface area contributed by atoms with E-state index in [-0.39, 0.29) is 11.8 Å². The molecule has 0 saturated carbocycles. The van der Waals surface area contributed by atoms with Crippen LogP contribution in [0.3, 0.4) is 0 Å². The summed E-state index contributed by atoms with van der Waals surface area (Å²) in [5.41, 5.74) is 0. The van der Waals surface area contributed by atoms with Gasteiger partial charge in [0, 0.05) is 45.6 Å². The molecule has 122 valence electrons. The molecule has 1 fully saturated rings. The van der Waals surface area contributed by atoms with Gasteiger partial charge in [-0.3, -0.25) is 14.5 Å². The number of furan rings is 1. The molecule has 0 spiro atoms. The van der Waals surface area contributed by atoms with Gasteiger partial charge in [-0.05, 0) is 18.6 Å². The van der Waals surface area contributed by atoms with Gasteiger partial charge in [-0.1, -0.05) is 6.92 Å². The Hall–Kier alpha value is -1.82. The monoisotopic (exact) mass is 307 g/mol. The largest absolute Gasteiger partial charge is 0.469 e. The van der Waals surface area contributed by atoms with E-state index in [1.807, 2.05) is 24.0 Å². The summed E-state index contributed by atoms with van der Waals surface area (Å²) in [5.74, 6) is 1.07. The van der Waals surface area contributed by atoms with Crippen LogP contribution in [0.15, 0.2) is 22.8 Å². The number of amides is 2. The Morgan fingerprint density at radius 3 is 2.68 bits per heavy atom. The Kier molecular flexibility index (Phi) is 6.45. The molecule has 0 atom stereocenters. The Morgan fingerprint density at radius 2 is 2.05 bits per heavy atom. The molecule has 1 aromatic heterocycles. The van der Waals surface area contributed by atoms with E-state index < -0.39 is 0 Å². The number of nitrogens with one attached hydrogen (secondary N) is 1. The maximum Gasteiger partial charge on any atom is 0.234 e. The van der Waals surface area contributed by atoms with Crippen molar-refractivity contribution in [2.24, 2.45) is 0 Å². The summed E-state index contributed by atoms with van der Waals surface area (Å²) in [5, 5.41) is 2.88. The van der Waals surface area contributed by atoms with Crippen molar-refractivity contribution in [3.05, 3.63) is 24.2 Å². The second-order valence-electron chi connectivity index (χ2n) is 5.59. The second kappa shape index (κ2) is 8.58. The number of hydrogen-bond acceptors (Lipinski definition) is 4. The molecule has 1 aliphatic heterocycles. The fourth-order valence-corrected chi connectivity index (χ4v) is 2.52. The van der Waals surface area contributed by atoms with E-state index in [9.17, 15) is 9.59 Å². The van der Waals surface area contributed by atoms with E-state index in [1.165, 1.54) is 0 Å². The molecular weight excluding hydrogens is 282 g/mol. The summed E-state index contributed by atoms with van der Waals surface area (Å²) in [6.45, 7) is 6.08. The first-order valence-corrected chi connectivity index (χ1v) is 7.98. The van der Waals surface area contributed by atoms with Gasteiger partial charge in [0.25, 0.3) is 0 Å². The predicted molar refractivity (Wildman–Crippen MR) is 83.3 cm³/mol. The van der Waals surface area contributed by atoms with E-state index in [2.05, 4.69) is 10.2 Å². The van der Waals surface area contributed by atoms with Crippen LogP contribution in [-0.4, -0.2) is 60.9 Å². The normalized spacial score (nSPS) is 15.8. The molecule has 1 saturated heterocycles. The molecule has 0 bridgehead atoms. The summed E-state index contributed by atoms with van der Waals surface area (Å²) in [6.07, 6.45) is 3.70. The zero-order valence-electron chi connectivity index (χ0n) is 13.2. The minimum atomic E-state index is 0.0689. The number of piperazine rings is 1. The third-order valence-corrected chi connectivity index (χ3v) is 3.83. The van der Waals surface area contributed by atoms with Crippen LogP contribution in [0.25, 0.3) is 0 Å². The summed E-state index contributed by atoms with van der Waals surface area (Å²) >= 11 is 0. The third-order valence-electron chi connectivity index (χ3n) is 3.83. The molecule has 0 aromatic carbocycles. The quantitative estimate of drug-likeness (QED) is 0.812. The van der Waals surface area contributed by atoms with Crippen LogP contribution in [0.2, 0.25) is 0 Å². The highest BCUT2D eigenvalue weighted by Gasteiger charge is 2.22. The first-order valence-electron chi connectivity index (χ1n) is 7.98. The van der Waals surface area contributed by atoms with Gasteiger partial charge in [0.05, 0.1) is 12.8 Å². The lowest BCUT2D eigenvalue weighted by Gasteiger charge is -2.34. The summed E-state index contributed by atoms with van der Waals surface area (Å²) in [7, 11) is 0. The fraction of sp³-hybridized carbons (Fsp3) is 0.625. The van der Waals surface area contributed by atoms with Crippen molar-refractivity contribution < 1.29 is 14.0 Å². The van der Waals surface area contributed by atoms with Crippen LogP contribution in [0.5, 0.6) is 0 Å². The lowest BCUT2D eigenvalue weighted by atomic mass is 10.2. The van der Waals surface area contributed by atoms with Gasteiger partial charge < -0.3 is 14.6 Å². The molecular formula is C16H25N3O3. The van der Waals surface area contributed by atoms with E-state index in [1.54, 1.807) is 6.26 Å². The average Bonchev–Trinajstić information content (AvgIpc) is 3.05. The van der Waals surface area contributed by atoms with Crippen LogP contribution in [0.4, 0.5) is 0 Å². The van der Waals surface area contributed by atoms with Gasteiger partial charge in [0.15, 0.2) is 0 Å². The molecule has 6 nitrogen and oxygen atoms in total. The van der Waals surface area contributed by atoms with E-state index in [4.69, 9.17) is 4.42 Å². The minimum Gasteiger partial charge on any atom is -0.469 e. The Labute approximate surface area is 131 Å². The topological polar surface area (TPSA) is 65.8 Å². The van der Waals surface area contributed by atoms with Crippen LogP contribution in [0.1, 0.15) is 25.5 Å². The highest BCUT2D eigenvalue weighted by Crippen LogP contribution is 2.08. The average molecular weight is 307 g/mol.